The van der Waals surface area contributed by atoms with Crippen molar-refractivity contribution in [1.29, 1.82) is 0 Å². The molecule has 1 aliphatic heterocycles. The van der Waals surface area contributed by atoms with Gasteiger partial charge in [-0.3, -0.25) is 4.79 Å². The van der Waals surface area contributed by atoms with E-state index in [0.29, 0.717) is 40.1 Å². The Labute approximate surface area is 177 Å². The Hall–Kier alpha value is -3.52. The lowest BCUT2D eigenvalue weighted by Crippen LogP contribution is -2.45. The highest BCUT2D eigenvalue weighted by molar-refractivity contribution is 6.33. The second-order valence-corrected chi connectivity index (χ2v) is 7.49. The number of aromatic nitrogens is 5. The van der Waals surface area contributed by atoms with Gasteiger partial charge in [-0.25, -0.2) is 0 Å². The smallest absolute Gasteiger partial charge is 0.256 e. The number of rotatable bonds is 4. The number of benzene rings is 2. The molecular formula is C21H17ClN6O2. The van der Waals surface area contributed by atoms with Gasteiger partial charge in [-0.1, -0.05) is 40.5 Å². The maximum absolute atomic E-state index is 13.4. The lowest BCUT2D eigenvalue weighted by molar-refractivity contribution is 0.0378. The number of carbonyl (C=O) groups excluding carboxylic acids is 1. The first-order valence-corrected chi connectivity index (χ1v) is 9.86. The Morgan fingerprint density at radius 3 is 2.70 bits per heavy atom. The third kappa shape index (κ3) is 3.15. The number of amides is 1. The van der Waals surface area contributed by atoms with E-state index in [-0.39, 0.29) is 11.9 Å². The normalized spacial score (nSPS) is 15.8. The van der Waals surface area contributed by atoms with Gasteiger partial charge >= 0.3 is 0 Å². The third-order valence-corrected chi connectivity index (χ3v) is 5.47. The van der Waals surface area contributed by atoms with Crippen molar-refractivity contribution in [2.24, 2.45) is 0 Å². The van der Waals surface area contributed by atoms with Crippen molar-refractivity contribution in [3.63, 3.8) is 0 Å². The second-order valence-electron chi connectivity index (χ2n) is 7.08. The number of nitrogens with zero attached hydrogens (tertiary/aromatic N) is 6. The van der Waals surface area contributed by atoms with Gasteiger partial charge in [0.25, 0.3) is 5.91 Å². The molecule has 2 aromatic heterocycles. The predicted molar refractivity (Wildman–Crippen MR) is 109 cm³/mol. The topological polar surface area (TPSA) is 89.9 Å². The Kier molecular flexibility index (Phi) is 4.55. The van der Waals surface area contributed by atoms with Gasteiger partial charge in [0.15, 0.2) is 0 Å². The van der Waals surface area contributed by atoms with E-state index in [2.05, 4.69) is 20.3 Å². The van der Waals surface area contributed by atoms with Crippen LogP contribution in [-0.2, 0) is 0 Å². The van der Waals surface area contributed by atoms with E-state index >= 15 is 0 Å². The zero-order valence-electron chi connectivity index (χ0n) is 16.1. The first-order chi connectivity index (χ1) is 14.6. The third-order valence-electron chi connectivity index (χ3n) is 5.14. The zero-order chi connectivity index (χ0) is 20.7. The molecule has 8 nitrogen and oxygen atoms in total. The second kappa shape index (κ2) is 7.38. The highest BCUT2D eigenvalue weighted by Gasteiger charge is 2.39. The minimum atomic E-state index is -0.278. The molecule has 1 saturated heterocycles. The molecule has 2 aromatic carbocycles. The first kappa shape index (κ1) is 18.5. The molecule has 1 amide bonds. The maximum Gasteiger partial charge on any atom is 0.256 e. The first-order valence-electron chi connectivity index (χ1n) is 9.48. The van der Waals surface area contributed by atoms with Crippen LogP contribution in [0.1, 0.15) is 34.3 Å². The number of halogens is 1. The molecule has 0 spiro atoms. The van der Waals surface area contributed by atoms with E-state index < -0.39 is 0 Å². The lowest BCUT2D eigenvalue weighted by atomic mass is 9.99. The average molecular weight is 421 g/mol. The van der Waals surface area contributed by atoms with Crippen molar-refractivity contribution in [2.45, 2.75) is 19.4 Å². The molecule has 9 heteroatoms. The Morgan fingerprint density at radius 1 is 1.17 bits per heavy atom. The van der Waals surface area contributed by atoms with Crippen LogP contribution >= 0.6 is 11.6 Å². The summed E-state index contributed by atoms with van der Waals surface area (Å²) in [6.07, 6.45) is 3.90. The van der Waals surface area contributed by atoms with E-state index in [1.807, 2.05) is 43.3 Å². The van der Waals surface area contributed by atoms with Crippen molar-refractivity contribution in [1.82, 2.24) is 30.0 Å². The van der Waals surface area contributed by atoms with Gasteiger partial charge < -0.3 is 9.42 Å². The van der Waals surface area contributed by atoms with Crippen LogP contribution in [0.15, 0.2) is 59.4 Å². The predicted octanol–water partition coefficient (Wildman–Crippen LogP) is 3.87. The van der Waals surface area contributed by atoms with E-state index in [9.17, 15) is 4.79 Å². The maximum atomic E-state index is 13.4. The molecular weight excluding hydrogens is 404 g/mol. The number of carbonyl (C=O) groups is 1. The fourth-order valence-electron chi connectivity index (χ4n) is 3.50. The van der Waals surface area contributed by atoms with Crippen LogP contribution in [-0.4, -0.2) is 42.5 Å². The molecule has 0 saturated carbocycles. The Bertz CT molecular complexity index is 1220. The van der Waals surface area contributed by atoms with Crippen LogP contribution < -0.4 is 0 Å². The van der Waals surface area contributed by atoms with E-state index in [1.165, 1.54) is 4.80 Å². The van der Waals surface area contributed by atoms with Crippen molar-refractivity contribution in [3.8, 4) is 17.1 Å². The molecule has 0 radical (unpaired) electrons. The Morgan fingerprint density at radius 2 is 1.97 bits per heavy atom. The molecule has 5 rings (SSSR count). The standard InChI is InChI=1S/C21H17ClN6O2/c1-13-6-7-17(28-23-9-10-24-28)15(12-13)21(29)27-11-8-18(27)20-25-19(26-30-20)14-4-2-3-5-16(14)22/h2-7,9-10,12,18H,8,11H2,1H3. The van der Waals surface area contributed by atoms with Gasteiger partial charge in [0.1, 0.15) is 6.04 Å². The van der Waals surface area contributed by atoms with E-state index in [0.717, 1.165) is 12.0 Å². The zero-order valence-corrected chi connectivity index (χ0v) is 16.8. The number of hydrogen-bond donors (Lipinski definition) is 0. The SMILES string of the molecule is Cc1ccc(-n2nccn2)c(C(=O)N2CCC2c2nc(-c3ccccc3Cl)no2)c1. The summed E-state index contributed by atoms with van der Waals surface area (Å²) in [5.41, 5.74) is 2.83. The highest BCUT2D eigenvalue weighted by atomic mass is 35.5. The molecule has 1 fully saturated rings. The molecule has 1 unspecified atom stereocenters. The monoisotopic (exact) mass is 420 g/mol. The van der Waals surface area contributed by atoms with E-state index in [1.54, 1.807) is 23.4 Å². The number of likely N-dealkylation sites (tertiary alicyclic amines) is 1. The van der Waals surface area contributed by atoms with Crippen LogP contribution in [0, 0.1) is 6.92 Å². The summed E-state index contributed by atoms with van der Waals surface area (Å²) in [6, 6.07) is 12.6. The molecule has 3 heterocycles. The molecule has 0 N–H and O–H groups in total. The lowest BCUT2D eigenvalue weighted by Gasteiger charge is -2.38. The average Bonchev–Trinajstić information content (AvgIpc) is 3.40. The molecule has 30 heavy (non-hydrogen) atoms. The van der Waals surface area contributed by atoms with Gasteiger partial charge in [0, 0.05) is 12.1 Å². The van der Waals surface area contributed by atoms with Crippen molar-refractivity contribution < 1.29 is 9.32 Å². The molecule has 1 atom stereocenters. The van der Waals surface area contributed by atoms with Gasteiger partial charge in [-0.2, -0.15) is 20.0 Å². The van der Waals surface area contributed by atoms with Crippen LogP contribution in [0.5, 0.6) is 0 Å². The quantitative estimate of drug-likeness (QED) is 0.498. The van der Waals surface area contributed by atoms with Crippen LogP contribution in [0.2, 0.25) is 5.02 Å². The summed E-state index contributed by atoms with van der Waals surface area (Å²) in [6.45, 7) is 2.55. The summed E-state index contributed by atoms with van der Waals surface area (Å²) in [5, 5.41) is 12.9. The van der Waals surface area contributed by atoms with Gasteiger partial charge in [0.2, 0.25) is 11.7 Å². The molecule has 150 valence electrons. The van der Waals surface area contributed by atoms with Crippen molar-refractivity contribution in [2.75, 3.05) is 6.54 Å². The van der Waals surface area contributed by atoms with Crippen LogP contribution in [0.3, 0.4) is 0 Å². The van der Waals surface area contributed by atoms with Crippen LogP contribution in [0.25, 0.3) is 17.1 Å². The van der Waals surface area contributed by atoms with Gasteiger partial charge in [-0.05, 0) is 37.6 Å². The number of hydrogen-bond acceptors (Lipinski definition) is 6. The van der Waals surface area contributed by atoms with Crippen molar-refractivity contribution in [3.05, 3.63) is 76.9 Å². The summed E-state index contributed by atoms with van der Waals surface area (Å²) in [5.74, 6) is 0.683. The van der Waals surface area contributed by atoms with Gasteiger partial charge in [-0.15, -0.1) is 0 Å². The van der Waals surface area contributed by atoms with Crippen LogP contribution in [0.4, 0.5) is 0 Å². The highest BCUT2D eigenvalue weighted by Crippen LogP contribution is 2.36. The minimum absolute atomic E-state index is 0.125. The Balaban J connectivity index is 1.44. The molecule has 0 bridgehead atoms. The fraction of sp³-hybridized carbons (Fsp3) is 0.190. The number of aryl methyl sites for hydroxylation is 1. The summed E-state index contributed by atoms with van der Waals surface area (Å²) in [4.78, 5) is 21.0. The van der Waals surface area contributed by atoms with Gasteiger partial charge in [0.05, 0.1) is 28.7 Å². The van der Waals surface area contributed by atoms with E-state index in [4.69, 9.17) is 16.1 Å². The van der Waals surface area contributed by atoms with Crippen molar-refractivity contribution >= 4 is 17.5 Å². The summed E-state index contributed by atoms with van der Waals surface area (Å²) < 4.78 is 5.48. The minimum Gasteiger partial charge on any atom is -0.337 e. The largest absolute Gasteiger partial charge is 0.337 e. The summed E-state index contributed by atoms with van der Waals surface area (Å²) in [7, 11) is 0. The fourth-order valence-corrected chi connectivity index (χ4v) is 3.72. The molecule has 1 aliphatic rings. The summed E-state index contributed by atoms with van der Waals surface area (Å²) >= 11 is 6.24. The molecule has 4 aromatic rings. The molecule has 0 aliphatic carbocycles.